The molecule has 0 radical (unpaired) electrons. The Kier molecular flexibility index (Phi) is 6.71. The summed E-state index contributed by atoms with van der Waals surface area (Å²) in [6.07, 6.45) is 6.59. The molecule has 0 bridgehead atoms. The molecule has 2 heterocycles. The van der Waals surface area contributed by atoms with Crippen LogP contribution in [0.3, 0.4) is 0 Å². The second-order valence-corrected chi connectivity index (χ2v) is 10.3. The lowest BCUT2D eigenvalue weighted by atomic mass is 10.00. The van der Waals surface area contributed by atoms with Crippen LogP contribution in [0, 0.1) is 13.8 Å². The van der Waals surface area contributed by atoms with Crippen molar-refractivity contribution in [3.05, 3.63) is 51.1 Å². The van der Waals surface area contributed by atoms with Crippen LogP contribution in [0.2, 0.25) is 0 Å². The SMILES string of the molecule is CC[C@H](c1nnnn1C(C)(C)CC)N(Cc1cc2c(C)cc(C)cc2[nH]c1=O)C1CCCC1. The van der Waals surface area contributed by atoms with E-state index in [1.165, 1.54) is 18.4 Å². The van der Waals surface area contributed by atoms with Gasteiger partial charge < -0.3 is 4.98 Å². The molecule has 1 aliphatic carbocycles. The van der Waals surface area contributed by atoms with Crippen LogP contribution < -0.4 is 5.56 Å². The molecule has 0 saturated heterocycles. The first-order valence-corrected chi connectivity index (χ1v) is 12.4. The van der Waals surface area contributed by atoms with Crippen LogP contribution >= 0.6 is 0 Å². The lowest BCUT2D eigenvalue weighted by molar-refractivity contribution is 0.106. The maximum atomic E-state index is 13.1. The van der Waals surface area contributed by atoms with E-state index in [0.29, 0.717) is 12.6 Å². The zero-order valence-corrected chi connectivity index (χ0v) is 21.0. The minimum Gasteiger partial charge on any atom is -0.322 e. The third-order valence-corrected chi connectivity index (χ3v) is 7.55. The molecule has 33 heavy (non-hydrogen) atoms. The average molecular weight is 451 g/mol. The number of tetrazole rings is 1. The Morgan fingerprint density at radius 1 is 1.18 bits per heavy atom. The van der Waals surface area contributed by atoms with E-state index in [4.69, 9.17) is 0 Å². The van der Waals surface area contributed by atoms with Crippen molar-refractivity contribution in [2.75, 3.05) is 0 Å². The van der Waals surface area contributed by atoms with Gasteiger partial charge in [-0.15, -0.1) is 5.10 Å². The Labute approximate surface area is 196 Å². The summed E-state index contributed by atoms with van der Waals surface area (Å²) in [5.74, 6) is 0.903. The van der Waals surface area contributed by atoms with Crippen molar-refractivity contribution in [1.29, 1.82) is 0 Å². The Balaban J connectivity index is 1.77. The van der Waals surface area contributed by atoms with E-state index in [-0.39, 0.29) is 17.1 Å². The monoisotopic (exact) mass is 450 g/mol. The fraction of sp³-hybridized carbons (Fsp3) is 0.615. The van der Waals surface area contributed by atoms with E-state index < -0.39 is 0 Å². The molecule has 3 aromatic rings. The van der Waals surface area contributed by atoms with Gasteiger partial charge in [0.25, 0.3) is 5.56 Å². The van der Waals surface area contributed by atoms with Gasteiger partial charge in [-0.3, -0.25) is 9.69 Å². The molecule has 178 valence electrons. The summed E-state index contributed by atoms with van der Waals surface area (Å²) in [5, 5.41) is 14.1. The summed E-state index contributed by atoms with van der Waals surface area (Å²) in [4.78, 5) is 18.8. The Hall–Kier alpha value is -2.54. The summed E-state index contributed by atoms with van der Waals surface area (Å²) >= 11 is 0. The van der Waals surface area contributed by atoms with Crippen molar-refractivity contribution in [3.63, 3.8) is 0 Å². The van der Waals surface area contributed by atoms with Gasteiger partial charge in [0.2, 0.25) is 0 Å². The van der Waals surface area contributed by atoms with E-state index in [1.807, 2.05) is 4.68 Å². The topological polar surface area (TPSA) is 79.7 Å². The van der Waals surface area contributed by atoms with Gasteiger partial charge in [-0.05, 0) is 87.1 Å². The molecule has 7 nitrogen and oxygen atoms in total. The number of aromatic amines is 1. The lowest BCUT2D eigenvalue weighted by Crippen LogP contribution is -2.40. The largest absolute Gasteiger partial charge is 0.322 e. The molecule has 0 spiro atoms. The maximum Gasteiger partial charge on any atom is 0.252 e. The normalized spacial score (nSPS) is 16.2. The number of aromatic nitrogens is 5. The van der Waals surface area contributed by atoms with Crippen LogP contribution in [0.5, 0.6) is 0 Å². The van der Waals surface area contributed by atoms with Crippen molar-refractivity contribution in [3.8, 4) is 0 Å². The minimum absolute atomic E-state index is 0.00108. The first kappa shape index (κ1) is 23.6. The number of hydrogen-bond acceptors (Lipinski definition) is 5. The summed E-state index contributed by atoms with van der Waals surface area (Å²) in [5.41, 5.74) is 3.91. The molecule has 7 heteroatoms. The van der Waals surface area contributed by atoms with Gasteiger partial charge >= 0.3 is 0 Å². The van der Waals surface area contributed by atoms with Gasteiger partial charge in [0, 0.05) is 29.1 Å². The number of pyridine rings is 1. The van der Waals surface area contributed by atoms with Crippen LogP contribution in [0.1, 0.15) is 94.8 Å². The molecule has 1 N–H and O–H groups in total. The van der Waals surface area contributed by atoms with Crippen molar-refractivity contribution >= 4 is 10.9 Å². The Morgan fingerprint density at radius 3 is 2.58 bits per heavy atom. The highest BCUT2D eigenvalue weighted by atomic mass is 16.1. The van der Waals surface area contributed by atoms with Gasteiger partial charge in [0.1, 0.15) is 0 Å². The number of H-pyrrole nitrogens is 1. The zero-order chi connectivity index (χ0) is 23.8. The second kappa shape index (κ2) is 9.37. The number of nitrogens with one attached hydrogen (secondary N) is 1. The Bertz CT molecular complexity index is 1170. The van der Waals surface area contributed by atoms with E-state index in [2.05, 4.69) is 85.2 Å². The van der Waals surface area contributed by atoms with Crippen molar-refractivity contribution in [1.82, 2.24) is 30.1 Å². The van der Waals surface area contributed by atoms with Crippen molar-refractivity contribution in [2.24, 2.45) is 0 Å². The quantitative estimate of drug-likeness (QED) is 0.512. The molecule has 1 aliphatic rings. The molecule has 1 atom stereocenters. The number of benzene rings is 1. The lowest BCUT2D eigenvalue weighted by Gasteiger charge is -2.36. The number of aryl methyl sites for hydroxylation is 2. The highest BCUT2D eigenvalue weighted by Crippen LogP contribution is 2.35. The third kappa shape index (κ3) is 4.60. The van der Waals surface area contributed by atoms with Gasteiger partial charge in [0.15, 0.2) is 5.82 Å². The molecule has 4 rings (SSSR count). The molecular formula is C26H38N6O. The molecule has 1 aromatic carbocycles. The molecule has 0 amide bonds. The second-order valence-electron chi connectivity index (χ2n) is 10.3. The molecular weight excluding hydrogens is 412 g/mol. The molecule has 0 aliphatic heterocycles. The smallest absolute Gasteiger partial charge is 0.252 e. The first-order valence-electron chi connectivity index (χ1n) is 12.4. The zero-order valence-electron chi connectivity index (χ0n) is 21.0. The van der Waals surface area contributed by atoms with Gasteiger partial charge in [-0.1, -0.05) is 32.8 Å². The van der Waals surface area contributed by atoms with Gasteiger partial charge in [-0.2, -0.15) is 0 Å². The van der Waals surface area contributed by atoms with Gasteiger partial charge in [0.05, 0.1) is 11.6 Å². The van der Waals surface area contributed by atoms with Crippen LogP contribution in [-0.2, 0) is 12.1 Å². The van der Waals surface area contributed by atoms with Crippen LogP contribution in [-0.4, -0.2) is 36.1 Å². The highest BCUT2D eigenvalue weighted by molar-refractivity contribution is 5.83. The average Bonchev–Trinajstić information content (AvgIpc) is 3.47. The molecule has 0 unspecified atom stereocenters. The summed E-state index contributed by atoms with van der Waals surface area (Å²) in [6.45, 7) is 13.5. The summed E-state index contributed by atoms with van der Waals surface area (Å²) < 4.78 is 2.00. The van der Waals surface area contributed by atoms with Crippen molar-refractivity contribution in [2.45, 2.75) is 104 Å². The number of hydrogen-bond donors (Lipinski definition) is 1. The fourth-order valence-electron chi connectivity index (χ4n) is 5.31. The van der Waals surface area contributed by atoms with Crippen LogP contribution in [0.15, 0.2) is 23.0 Å². The predicted molar refractivity (Wildman–Crippen MR) is 132 cm³/mol. The Morgan fingerprint density at radius 2 is 1.91 bits per heavy atom. The first-order chi connectivity index (χ1) is 15.7. The van der Waals surface area contributed by atoms with Crippen LogP contribution in [0.4, 0.5) is 0 Å². The molecule has 1 saturated carbocycles. The summed E-state index contributed by atoms with van der Waals surface area (Å²) in [7, 11) is 0. The summed E-state index contributed by atoms with van der Waals surface area (Å²) in [6, 6.07) is 6.81. The highest BCUT2D eigenvalue weighted by Gasteiger charge is 2.35. The van der Waals surface area contributed by atoms with Gasteiger partial charge in [-0.25, -0.2) is 4.68 Å². The van der Waals surface area contributed by atoms with E-state index in [0.717, 1.165) is 53.5 Å². The number of nitrogens with zero attached hydrogens (tertiary/aromatic N) is 5. The maximum absolute atomic E-state index is 13.1. The van der Waals surface area contributed by atoms with E-state index in [9.17, 15) is 4.79 Å². The van der Waals surface area contributed by atoms with Crippen LogP contribution in [0.25, 0.3) is 10.9 Å². The minimum atomic E-state index is -0.164. The van der Waals surface area contributed by atoms with E-state index >= 15 is 0 Å². The standard InChI is InChI=1S/C26H38N6O/c1-7-23(24-28-29-30-32(24)26(5,6)8-2)31(20-11-9-10-12-20)16-19-15-21-18(4)13-17(3)14-22(21)27-25(19)33/h13-15,20,23H,7-12,16H2,1-6H3,(H,27,33)/t23-/m1/s1. The van der Waals surface area contributed by atoms with E-state index in [1.54, 1.807) is 0 Å². The van der Waals surface area contributed by atoms with Crippen molar-refractivity contribution < 1.29 is 0 Å². The fourth-order valence-corrected chi connectivity index (χ4v) is 5.31. The molecule has 1 fully saturated rings. The third-order valence-electron chi connectivity index (χ3n) is 7.55. The predicted octanol–water partition coefficient (Wildman–Crippen LogP) is 5.17. The molecule has 2 aromatic heterocycles. The number of rotatable bonds is 8. The number of fused-ring (bicyclic) bond motifs is 1.